The van der Waals surface area contributed by atoms with Gasteiger partial charge in [-0.05, 0) is 64.2 Å². The maximum absolute atomic E-state index is 10.8. The van der Waals surface area contributed by atoms with E-state index < -0.39 is 4.92 Å². The van der Waals surface area contributed by atoms with Crippen LogP contribution in [0.15, 0.2) is 40.9 Å². The van der Waals surface area contributed by atoms with Crippen molar-refractivity contribution < 1.29 is 4.92 Å². The molecule has 3 rings (SSSR count). The van der Waals surface area contributed by atoms with Crippen molar-refractivity contribution in [1.29, 1.82) is 0 Å². The third kappa shape index (κ3) is 2.89. The van der Waals surface area contributed by atoms with Gasteiger partial charge in [0, 0.05) is 16.8 Å². The Kier molecular flexibility index (Phi) is 3.87. The lowest BCUT2D eigenvalue weighted by Gasteiger charge is -2.16. The van der Waals surface area contributed by atoms with E-state index in [2.05, 4.69) is 21.2 Å². The Labute approximate surface area is 135 Å². The highest BCUT2D eigenvalue weighted by Gasteiger charge is 2.23. The summed E-state index contributed by atoms with van der Waals surface area (Å²) in [6, 6.07) is 11.1. The van der Waals surface area contributed by atoms with E-state index in [0.29, 0.717) is 4.47 Å². The van der Waals surface area contributed by atoms with Gasteiger partial charge in [-0.1, -0.05) is 17.7 Å². The first-order chi connectivity index (χ1) is 10.0. The van der Waals surface area contributed by atoms with E-state index in [1.54, 1.807) is 12.1 Å². The van der Waals surface area contributed by atoms with Crippen molar-refractivity contribution in [3.8, 4) is 0 Å². The molecule has 1 atom stereocenters. The number of nitrogens with one attached hydrogen (secondary N) is 1. The van der Waals surface area contributed by atoms with Crippen molar-refractivity contribution in [2.75, 3.05) is 5.32 Å². The minimum absolute atomic E-state index is 0.0687. The van der Waals surface area contributed by atoms with Crippen LogP contribution in [0.4, 0.5) is 11.4 Å². The highest BCUT2D eigenvalue weighted by atomic mass is 79.9. The van der Waals surface area contributed by atoms with Crippen LogP contribution in [-0.2, 0) is 6.42 Å². The molecule has 0 fully saturated rings. The Balaban J connectivity index is 1.83. The number of hydrogen-bond acceptors (Lipinski definition) is 3. The smallest absolute Gasteiger partial charge is 0.283 e. The first-order valence-corrected chi connectivity index (χ1v) is 7.70. The van der Waals surface area contributed by atoms with Gasteiger partial charge < -0.3 is 5.32 Å². The van der Waals surface area contributed by atoms with Crippen LogP contribution >= 0.6 is 27.5 Å². The van der Waals surface area contributed by atoms with Gasteiger partial charge in [-0.3, -0.25) is 10.1 Å². The molecule has 1 aliphatic rings. The number of nitro benzene ring substituents is 1. The molecule has 2 aromatic rings. The van der Waals surface area contributed by atoms with Crippen LogP contribution in [0.3, 0.4) is 0 Å². The quantitative estimate of drug-likeness (QED) is 0.606. The van der Waals surface area contributed by atoms with Crippen molar-refractivity contribution in [2.45, 2.75) is 18.9 Å². The van der Waals surface area contributed by atoms with Gasteiger partial charge in [-0.25, -0.2) is 0 Å². The lowest BCUT2D eigenvalue weighted by Crippen LogP contribution is -2.07. The zero-order valence-corrected chi connectivity index (χ0v) is 13.3. The molecule has 0 heterocycles. The van der Waals surface area contributed by atoms with Crippen LogP contribution in [0.5, 0.6) is 0 Å². The van der Waals surface area contributed by atoms with Gasteiger partial charge in [0.05, 0.1) is 15.4 Å². The Morgan fingerprint density at radius 2 is 2.10 bits per heavy atom. The Bertz CT molecular complexity index is 721. The van der Waals surface area contributed by atoms with Gasteiger partial charge in [0.15, 0.2) is 0 Å². The van der Waals surface area contributed by atoms with Gasteiger partial charge in [0.2, 0.25) is 0 Å². The van der Waals surface area contributed by atoms with Crippen molar-refractivity contribution >= 4 is 38.9 Å². The summed E-state index contributed by atoms with van der Waals surface area (Å²) in [5.41, 5.74) is 3.44. The summed E-state index contributed by atoms with van der Waals surface area (Å²) in [7, 11) is 0. The molecule has 0 radical (unpaired) electrons. The minimum Gasteiger partial charge on any atom is -0.378 e. The highest BCUT2D eigenvalue weighted by molar-refractivity contribution is 9.10. The second-order valence-electron chi connectivity index (χ2n) is 5.00. The third-order valence-corrected chi connectivity index (χ3v) is 4.54. The van der Waals surface area contributed by atoms with Gasteiger partial charge in [-0.2, -0.15) is 0 Å². The van der Waals surface area contributed by atoms with Gasteiger partial charge in [0.25, 0.3) is 5.69 Å². The zero-order valence-electron chi connectivity index (χ0n) is 11.0. The fourth-order valence-corrected chi connectivity index (χ4v) is 3.40. The van der Waals surface area contributed by atoms with Crippen molar-refractivity contribution in [2.24, 2.45) is 0 Å². The Morgan fingerprint density at radius 3 is 2.81 bits per heavy atom. The number of aryl methyl sites for hydroxylation is 1. The third-order valence-electron chi connectivity index (χ3n) is 3.67. The Morgan fingerprint density at radius 1 is 1.29 bits per heavy atom. The standard InChI is InChI=1S/C15H12BrClN2O2/c16-13-8-11(3-6-15(13)19(20)21)18-14-5-1-9-7-10(17)2-4-12(9)14/h2-4,6-8,14,18H,1,5H2. The molecule has 0 saturated heterocycles. The average molecular weight is 368 g/mol. The van der Waals surface area contributed by atoms with Crippen LogP contribution < -0.4 is 5.32 Å². The summed E-state index contributed by atoms with van der Waals surface area (Å²) >= 11 is 9.25. The number of hydrogen-bond donors (Lipinski definition) is 1. The molecule has 0 aromatic heterocycles. The number of fused-ring (bicyclic) bond motifs is 1. The molecule has 21 heavy (non-hydrogen) atoms. The van der Waals surface area contributed by atoms with Crippen molar-refractivity contribution in [3.05, 3.63) is 67.1 Å². The molecule has 0 spiro atoms. The molecule has 1 unspecified atom stereocenters. The normalized spacial score (nSPS) is 16.6. The number of benzene rings is 2. The molecule has 0 amide bonds. The number of halogens is 2. The van der Waals surface area contributed by atoms with E-state index in [0.717, 1.165) is 23.6 Å². The van der Waals surface area contributed by atoms with Gasteiger partial charge in [-0.15, -0.1) is 0 Å². The molecule has 1 N–H and O–H groups in total. The van der Waals surface area contributed by atoms with E-state index in [1.807, 2.05) is 18.2 Å². The van der Waals surface area contributed by atoms with Gasteiger partial charge >= 0.3 is 0 Å². The second kappa shape index (κ2) is 5.66. The molecule has 6 heteroatoms. The predicted octanol–water partition coefficient (Wildman–Crippen LogP) is 5.11. The van der Waals surface area contributed by atoms with Crippen LogP contribution in [0.2, 0.25) is 5.02 Å². The van der Waals surface area contributed by atoms with Crippen LogP contribution in [0.1, 0.15) is 23.6 Å². The average Bonchev–Trinajstić information content (AvgIpc) is 2.80. The molecular formula is C15H12BrClN2O2. The van der Waals surface area contributed by atoms with E-state index >= 15 is 0 Å². The van der Waals surface area contributed by atoms with E-state index in [4.69, 9.17) is 11.6 Å². The van der Waals surface area contributed by atoms with E-state index in [9.17, 15) is 10.1 Å². The molecule has 1 aliphatic carbocycles. The van der Waals surface area contributed by atoms with Crippen molar-refractivity contribution in [1.82, 2.24) is 0 Å². The summed E-state index contributed by atoms with van der Waals surface area (Å²) in [5.74, 6) is 0. The maximum atomic E-state index is 10.8. The van der Waals surface area contributed by atoms with Crippen LogP contribution in [0.25, 0.3) is 0 Å². The van der Waals surface area contributed by atoms with Gasteiger partial charge in [0.1, 0.15) is 0 Å². The topological polar surface area (TPSA) is 55.2 Å². The molecule has 108 valence electrons. The number of rotatable bonds is 3. The summed E-state index contributed by atoms with van der Waals surface area (Å²) in [6.07, 6.45) is 1.98. The fourth-order valence-electron chi connectivity index (χ4n) is 2.68. The largest absolute Gasteiger partial charge is 0.378 e. The van der Waals surface area contributed by atoms with Crippen molar-refractivity contribution in [3.63, 3.8) is 0 Å². The summed E-state index contributed by atoms with van der Waals surface area (Å²) < 4.78 is 0.479. The number of anilines is 1. The summed E-state index contributed by atoms with van der Waals surface area (Å²) in [6.45, 7) is 0. The summed E-state index contributed by atoms with van der Waals surface area (Å²) in [4.78, 5) is 10.4. The zero-order chi connectivity index (χ0) is 15.0. The minimum atomic E-state index is -0.402. The van der Waals surface area contributed by atoms with E-state index in [-0.39, 0.29) is 11.7 Å². The second-order valence-corrected chi connectivity index (χ2v) is 6.29. The lowest BCUT2D eigenvalue weighted by atomic mass is 10.1. The van der Waals surface area contributed by atoms with E-state index in [1.165, 1.54) is 17.2 Å². The highest BCUT2D eigenvalue weighted by Crippen LogP contribution is 2.36. The number of nitrogens with zero attached hydrogens (tertiary/aromatic N) is 1. The monoisotopic (exact) mass is 366 g/mol. The molecule has 0 bridgehead atoms. The molecule has 0 aliphatic heterocycles. The molecule has 0 saturated carbocycles. The first kappa shape index (κ1) is 14.4. The van der Waals surface area contributed by atoms with Crippen LogP contribution in [-0.4, -0.2) is 4.92 Å². The fraction of sp³-hybridized carbons (Fsp3) is 0.200. The summed E-state index contributed by atoms with van der Waals surface area (Å²) in [5, 5.41) is 15.0. The molecule has 4 nitrogen and oxygen atoms in total. The lowest BCUT2D eigenvalue weighted by molar-refractivity contribution is -0.385. The molecule has 2 aromatic carbocycles. The van der Waals surface area contributed by atoms with Crippen LogP contribution in [0, 0.1) is 10.1 Å². The first-order valence-electron chi connectivity index (χ1n) is 6.53. The molecular weight excluding hydrogens is 356 g/mol. The maximum Gasteiger partial charge on any atom is 0.283 e. The Hall–Kier alpha value is -1.59. The number of nitro groups is 1. The SMILES string of the molecule is O=[N+]([O-])c1ccc(NC2CCc3cc(Cl)ccc32)cc1Br. The predicted molar refractivity (Wildman–Crippen MR) is 86.9 cm³/mol.